The Balaban J connectivity index is 2.13. The molecule has 3 N–H and O–H groups in total. The monoisotopic (exact) mass is 277 g/mol. The average molecular weight is 277 g/mol. The van der Waals surface area contributed by atoms with Crippen LogP contribution in [-0.4, -0.2) is 10.8 Å². The molecule has 0 saturated carbocycles. The maximum Gasteiger partial charge on any atom is 0.141 e. The zero-order chi connectivity index (χ0) is 14.8. The molecule has 104 valence electrons. The minimum Gasteiger partial charge on any atom is -0.456 e. The van der Waals surface area contributed by atoms with Crippen LogP contribution in [0.2, 0.25) is 0 Å². The molecule has 0 atom stereocenters. The molecule has 0 spiro atoms. The number of aryl methyl sites for hydroxylation is 1. The van der Waals surface area contributed by atoms with E-state index < -0.39 is 0 Å². The Labute approximate surface area is 122 Å². The van der Waals surface area contributed by atoms with E-state index in [2.05, 4.69) is 4.98 Å². The van der Waals surface area contributed by atoms with Crippen molar-refractivity contribution in [1.82, 2.24) is 4.98 Å². The SMILES string of the molecule is Cc1cccc(C(=N)N)c1Oc1cccc2ncccc12. The van der Waals surface area contributed by atoms with E-state index in [0.717, 1.165) is 16.5 Å². The lowest BCUT2D eigenvalue weighted by Gasteiger charge is -2.14. The Morgan fingerprint density at radius 2 is 1.90 bits per heavy atom. The summed E-state index contributed by atoms with van der Waals surface area (Å²) in [4.78, 5) is 4.32. The van der Waals surface area contributed by atoms with Gasteiger partial charge in [0.15, 0.2) is 0 Å². The zero-order valence-electron chi connectivity index (χ0n) is 11.6. The third-order valence-corrected chi connectivity index (χ3v) is 3.32. The molecule has 0 amide bonds. The fourth-order valence-electron chi connectivity index (χ4n) is 2.27. The van der Waals surface area contributed by atoms with Gasteiger partial charge in [-0.15, -0.1) is 0 Å². The van der Waals surface area contributed by atoms with E-state index in [1.807, 2.05) is 49.4 Å². The van der Waals surface area contributed by atoms with Crippen molar-refractivity contribution in [2.24, 2.45) is 5.73 Å². The minimum atomic E-state index is -0.00735. The highest BCUT2D eigenvalue weighted by Crippen LogP contribution is 2.32. The summed E-state index contributed by atoms with van der Waals surface area (Å²) < 4.78 is 6.05. The fourth-order valence-corrected chi connectivity index (χ4v) is 2.27. The Bertz CT molecular complexity index is 822. The van der Waals surface area contributed by atoms with Gasteiger partial charge in [0.05, 0.1) is 11.1 Å². The van der Waals surface area contributed by atoms with Gasteiger partial charge in [-0.05, 0) is 42.8 Å². The van der Waals surface area contributed by atoms with Crippen molar-refractivity contribution in [3.63, 3.8) is 0 Å². The average Bonchev–Trinajstić information content (AvgIpc) is 2.49. The normalized spacial score (nSPS) is 10.5. The molecule has 3 rings (SSSR count). The summed E-state index contributed by atoms with van der Waals surface area (Å²) in [5, 5.41) is 8.62. The first kappa shape index (κ1) is 13.1. The van der Waals surface area contributed by atoms with Crippen LogP contribution in [0.3, 0.4) is 0 Å². The van der Waals surface area contributed by atoms with E-state index in [-0.39, 0.29) is 5.84 Å². The minimum absolute atomic E-state index is 0.00735. The molecule has 0 radical (unpaired) electrons. The van der Waals surface area contributed by atoms with Crippen LogP contribution < -0.4 is 10.5 Å². The Morgan fingerprint density at radius 3 is 2.71 bits per heavy atom. The van der Waals surface area contributed by atoms with Crippen molar-refractivity contribution in [1.29, 1.82) is 5.41 Å². The summed E-state index contributed by atoms with van der Waals surface area (Å²) in [7, 11) is 0. The van der Waals surface area contributed by atoms with Crippen LogP contribution in [0.5, 0.6) is 11.5 Å². The van der Waals surface area contributed by atoms with Gasteiger partial charge in [0, 0.05) is 11.6 Å². The van der Waals surface area contributed by atoms with E-state index in [1.165, 1.54) is 0 Å². The van der Waals surface area contributed by atoms with E-state index in [1.54, 1.807) is 12.3 Å². The number of ether oxygens (including phenoxy) is 1. The quantitative estimate of drug-likeness (QED) is 0.567. The van der Waals surface area contributed by atoms with Gasteiger partial charge in [-0.2, -0.15) is 0 Å². The smallest absolute Gasteiger partial charge is 0.141 e. The standard InChI is InChI=1S/C17H15N3O/c1-11-5-2-6-13(17(18)19)16(11)21-15-9-3-8-14-12(15)7-4-10-20-14/h2-10H,1H3,(H3,18,19). The first-order valence-electron chi connectivity index (χ1n) is 6.62. The number of hydrogen-bond donors (Lipinski definition) is 2. The number of hydrogen-bond acceptors (Lipinski definition) is 3. The Morgan fingerprint density at radius 1 is 1.10 bits per heavy atom. The molecular formula is C17H15N3O. The zero-order valence-corrected chi connectivity index (χ0v) is 11.6. The van der Waals surface area contributed by atoms with Gasteiger partial charge in [-0.3, -0.25) is 10.4 Å². The molecule has 0 fully saturated rings. The topological polar surface area (TPSA) is 72.0 Å². The lowest BCUT2D eigenvalue weighted by atomic mass is 10.1. The van der Waals surface area contributed by atoms with Gasteiger partial charge in [-0.1, -0.05) is 18.2 Å². The second-order valence-electron chi connectivity index (χ2n) is 4.79. The molecule has 2 aromatic carbocycles. The third-order valence-electron chi connectivity index (χ3n) is 3.32. The molecule has 21 heavy (non-hydrogen) atoms. The summed E-state index contributed by atoms with van der Waals surface area (Å²) in [5.74, 6) is 1.31. The van der Waals surface area contributed by atoms with E-state index in [0.29, 0.717) is 17.1 Å². The van der Waals surface area contributed by atoms with Gasteiger partial charge in [0.25, 0.3) is 0 Å². The number of aromatic nitrogens is 1. The largest absolute Gasteiger partial charge is 0.456 e. The molecule has 0 unspecified atom stereocenters. The number of pyridine rings is 1. The molecule has 0 bridgehead atoms. The van der Waals surface area contributed by atoms with Crippen LogP contribution in [0, 0.1) is 12.3 Å². The van der Waals surface area contributed by atoms with E-state index in [9.17, 15) is 0 Å². The second kappa shape index (κ2) is 5.25. The van der Waals surface area contributed by atoms with Crippen molar-refractivity contribution >= 4 is 16.7 Å². The molecule has 4 nitrogen and oxygen atoms in total. The number of benzene rings is 2. The van der Waals surface area contributed by atoms with Gasteiger partial charge < -0.3 is 10.5 Å². The number of nitrogens with zero attached hydrogens (tertiary/aromatic N) is 1. The summed E-state index contributed by atoms with van der Waals surface area (Å²) in [5.41, 5.74) is 8.04. The fraction of sp³-hybridized carbons (Fsp3) is 0.0588. The van der Waals surface area contributed by atoms with Gasteiger partial charge in [-0.25, -0.2) is 0 Å². The van der Waals surface area contributed by atoms with Crippen LogP contribution in [0.1, 0.15) is 11.1 Å². The number of amidine groups is 1. The highest BCUT2D eigenvalue weighted by Gasteiger charge is 2.12. The molecule has 3 aromatic rings. The molecule has 0 aliphatic carbocycles. The Hall–Kier alpha value is -2.88. The molecule has 4 heteroatoms. The summed E-state index contributed by atoms with van der Waals surface area (Å²) in [6, 6.07) is 15.1. The number of fused-ring (bicyclic) bond motifs is 1. The van der Waals surface area contributed by atoms with Crippen LogP contribution in [0.15, 0.2) is 54.7 Å². The summed E-state index contributed by atoms with van der Waals surface area (Å²) in [6.07, 6.45) is 1.75. The molecule has 1 heterocycles. The number of nitrogen functional groups attached to an aromatic ring is 1. The van der Waals surface area contributed by atoms with Crippen LogP contribution in [0.4, 0.5) is 0 Å². The molecule has 1 aromatic heterocycles. The molecule has 0 saturated heterocycles. The highest BCUT2D eigenvalue weighted by molar-refractivity contribution is 5.98. The van der Waals surface area contributed by atoms with Crippen molar-refractivity contribution in [3.8, 4) is 11.5 Å². The van der Waals surface area contributed by atoms with Crippen molar-refractivity contribution in [2.75, 3.05) is 0 Å². The Kier molecular flexibility index (Phi) is 3.28. The van der Waals surface area contributed by atoms with E-state index in [4.69, 9.17) is 15.9 Å². The van der Waals surface area contributed by atoms with Crippen molar-refractivity contribution in [2.45, 2.75) is 6.92 Å². The first-order valence-corrected chi connectivity index (χ1v) is 6.62. The maximum absolute atomic E-state index is 7.69. The third kappa shape index (κ3) is 2.43. The number of nitrogens with one attached hydrogen (secondary N) is 1. The van der Waals surface area contributed by atoms with Crippen molar-refractivity contribution in [3.05, 3.63) is 65.9 Å². The predicted molar refractivity (Wildman–Crippen MR) is 84.0 cm³/mol. The first-order chi connectivity index (χ1) is 10.2. The van der Waals surface area contributed by atoms with Crippen LogP contribution >= 0.6 is 0 Å². The highest BCUT2D eigenvalue weighted by atomic mass is 16.5. The van der Waals surface area contributed by atoms with E-state index >= 15 is 0 Å². The van der Waals surface area contributed by atoms with Crippen LogP contribution in [-0.2, 0) is 0 Å². The molecular weight excluding hydrogens is 262 g/mol. The lowest BCUT2D eigenvalue weighted by Crippen LogP contribution is -2.12. The maximum atomic E-state index is 7.69. The van der Waals surface area contributed by atoms with Gasteiger partial charge in [0.1, 0.15) is 17.3 Å². The van der Waals surface area contributed by atoms with Crippen molar-refractivity contribution < 1.29 is 4.74 Å². The number of rotatable bonds is 3. The molecule has 0 aliphatic rings. The second-order valence-corrected chi connectivity index (χ2v) is 4.79. The summed E-state index contributed by atoms with van der Waals surface area (Å²) in [6.45, 7) is 1.94. The van der Waals surface area contributed by atoms with Gasteiger partial charge in [0.2, 0.25) is 0 Å². The number of para-hydroxylation sites is 1. The molecule has 0 aliphatic heterocycles. The van der Waals surface area contributed by atoms with Crippen LogP contribution in [0.25, 0.3) is 10.9 Å². The lowest BCUT2D eigenvalue weighted by molar-refractivity contribution is 0.483. The number of nitrogens with two attached hydrogens (primary N) is 1. The predicted octanol–water partition coefficient (Wildman–Crippen LogP) is 3.62. The summed E-state index contributed by atoms with van der Waals surface area (Å²) >= 11 is 0. The van der Waals surface area contributed by atoms with Gasteiger partial charge >= 0.3 is 0 Å².